The molecule has 29 heavy (non-hydrogen) atoms. The summed E-state index contributed by atoms with van der Waals surface area (Å²) in [5.41, 5.74) is 0.975. The lowest BCUT2D eigenvalue weighted by Gasteiger charge is -2.21. The smallest absolute Gasteiger partial charge is 0.267 e. The van der Waals surface area contributed by atoms with E-state index in [0.717, 1.165) is 6.26 Å². The van der Waals surface area contributed by atoms with E-state index in [9.17, 15) is 13.2 Å². The molecule has 1 aromatic carbocycles. The van der Waals surface area contributed by atoms with Crippen LogP contribution in [-0.2, 0) is 16.9 Å². The molecule has 0 aliphatic carbocycles. The number of amides is 1. The SMILES string of the molecule is COc1nn(C)cc1C(=O)N(CCN(C)C)c1nc2ccc(S(C)(=O)=O)cc2s1. The second-order valence-corrected chi connectivity index (χ2v) is 9.91. The van der Waals surface area contributed by atoms with Crippen LogP contribution in [0, 0.1) is 0 Å². The molecule has 0 saturated heterocycles. The van der Waals surface area contributed by atoms with E-state index in [1.165, 1.54) is 29.2 Å². The average molecular weight is 438 g/mol. The number of sulfone groups is 1. The molecule has 0 fully saturated rings. The zero-order chi connectivity index (χ0) is 21.3. The number of hydrogen-bond acceptors (Lipinski definition) is 8. The van der Waals surface area contributed by atoms with Gasteiger partial charge in [-0.2, -0.15) is 0 Å². The van der Waals surface area contributed by atoms with E-state index < -0.39 is 9.84 Å². The van der Waals surface area contributed by atoms with Gasteiger partial charge in [0.1, 0.15) is 5.56 Å². The van der Waals surface area contributed by atoms with Crippen LogP contribution in [0.3, 0.4) is 0 Å². The topological polar surface area (TPSA) is 97.6 Å². The van der Waals surface area contributed by atoms with Crippen LogP contribution in [0.2, 0.25) is 0 Å². The van der Waals surface area contributed by atoms with Gasteiger partial charge in [-0.05, 0) is 32.3 Å². The third kappa shape index (κ3) is 4.57. The molecule has 3 rings (SSSR count). The lowest BCUT2D eigenvalue weighted by Crippen LogP contribution is -2.36. The molecule has 0 unspecified atom stereocenters. The molecule has 0 aliphatic rings. The van der Waals surface area contributed by atoms with Gasteiger partial charge in [0.05, 0.1) is 22.2 Å². The van der Waals surface area contributed by atoms with Crippen LogP contribution in [0.15, 0.2) is 29.3 Å². The fourth-order valence-corrected chi connectivity index (χ4v) is 4.48. The molecule has 156 valence electrons. The van der Waals surface area contributed by atoms with Crippen LogP contribution >= 0.6 is 11.3 Å². The summed E-state index contributed by atoms with van der Waals surface area (Å²) in [5, 5.41) is 4.64. The number of likely N-dealkylation sites (N-methyl/N-ethyl adjacent to an activating group) is 1. The Morgan fingerprint density at radius 1 is 1.28 bits per heavy atom. The summed E-state index contributed by atoms with van der Waals surface area (Å²) in [6.45, 7) is 1.03. The first-order valence-electron chi connectivity index (χ1n) is 8.75. The molecule has 0 bridgehead atoms. The van der Waals surface area contributed by atoms with E-state index in [1.807, 2.05) is 19.0 Å². The number of ether oxygens (including phenoxy) is 1. The summed E-state index contributed by atoms with van der Waals surface area (Å²) < 4.78 is 31.2. The Hall–Kier alpha value is -2.50. The van der Waals surface area contributed by atoms with Crippen LogP contribution in [0.4, 0.5) is 5.13 Å². The van der Waals surface area contributed by atoms with Crippen molar-refractivity contribution in [3.8, 4) is 5.88 Å². The van der Waals surface area contributed by atoms with E-state index in [-0.39, 0.29) is 16.7 Å². The number of fused-ring (bicyclic) bond motifs is 1. The van der Waals surface area contributed by atoms with E-state index in [0.29, 0.717) is 34.0 Å². The minimum atomic E-state index is -3.33. The number of carbonyl (C=O) groups is 1. The summed E-state index contributed by atoms with van der Waals surface area (Å²) >= 11 is 1.27. The van der Waals surface area contributed by atoms with Crippen molar-refractivity contribution in [1.29, 1.82) is 0 Å². The molecule has 0 spiro atoms. The van der Waals surface area contributed by atoms with Gasteiger partial charge in [0.15, 0.2) is 15.0 Å². The van der Waals surface area contributed by atoms with Crippen molar-refractivity contribution in [2.45, 2.75) is 4.90 Å². The maximum Gasteiger partial charge on any atom is 0.267 e. The van der Waals surface area contributed by atoms with Crippen LogP contribution < -0.4 is 9.64 Å². The Morgan fingerprint density at radius 3 is 2.62 bits per heavy atom. The highest BCUT2D eigenvalue weighted by Gasteiger charge is 2.26. The van der Waals surface area contributed by atoms with Gasteiger partial charge in [-0.15, -0.1) is 5.10 Å². The fraction of sp³-hybridized carbons (Fsp3) is 0.389. The van der Waals surface area contributed by atoms with Crippen molar-refractivity contribution >= 4 is 42.4 Å². The number of benzene rings is 1. The average Bonchev–Trinajstić information content (AvgIpc) is 3.22. The van der Waals surface area contributed by atoms with Crippen LogP contribution in [0.5, 0.6) is 5.88 Å². The molecular formula is C18H23N5O4S2. The Kier molecular flexibility index (Phi) is 5.92. The number of anilines is 1. The standard InChI is InChI=1S/C18H23N5O4S2/c1-21(2)8-9-23(17(24)13-11-22(3)20-16(13)27-4)18-19-14-7-6-12(29(5,25)26)10-15(14)28-18/h6-7,10-11H,8-9H2,1-5H3. The van der Waals surface area contributed by atoms with Crippen molar-refractivity contribution in [3.63, 3.8) is 0 Å². The number of thiazole rings is 1. The molecule has 3 aromatic rings. The quantitative estimate of drug-likeness (QED) is 0.554. The van der Waals surface area contributed by atoms with Gasteiger partial charge in [-0.3, -0.25) is 14.4 Å². The third-order valence-electron chi connectivity index (χ3n) is 4.24. The highest BCUT2D eigenvalue weighted by molar-refractivity contribution is 7.90. The highest BCUT2D eigenvalue weighted by atomic mass is 32.2. The van der Waals surface area contributed by atoms with Crippen molar-refractivity contribution in [1.82, 2.24) is 19.7 Å². The lowest BCUT2D eigenvalue weighted by molar-refractivity contribution is 0.0982. The van der Waals surface area contributed by atoms with Gasteiger partial charge in [0.25, 0.3) is 5.91 Å². The summed E-state index contributed by atoms with van der Waals surface area (Å²) in [6, 6.07) is 4.77. The number of methoxy groups -OCH3 is 1. The van der Waals surface area contributed by atoms with E-state index in [2.05, 4.69) is 10.1 Å². The minimum absolute atomic E-state index is 0.222. The van der Waals surface area contributed by atoms with Gasteiger partial charge in [-0.1, -0.05) is 11.3 Å². The van der Waals surface area contributed by atoms with Gasteiger partial charge in [-0.25, -0.2) is 13.4 Å². The molecule has 2 aromatic heterocycles. The molecule has 0 radical (unpaired) electrons. The number of rotatable bonds is 7. The molecule has 0 saturated carbocycles. The molecule has 0 aliphatic heterocycles. The molecule has 1 amide bonds. The van der Waals surface area contributed by atoms with Gasteiger partial charge >= 0.3 is 0 Å². The summed E-state index contributed by atoms with van der Waals surface area (Å²) in [5.74, 6) is -0.0352. The Bertz CT molecular complexity index is 1150. The Balaban J connectivity index is 2.05. The number of aromatic nitrogens is 3. The summed E-state index contributed by atoms with van der Waals surface area (Å²) in [4.78, 5) is 21.6. The molecule has 11 heteroatoms. The van der Waals surface area contributed by atoms with Crippen molar-refractivity contribution in [3.05, 3.63) is 30.0 Å². The maximum absolute atomic E-state index is 13.3. The summed E-state index contributed by atoms with van der Waals surface area (Å²) in [7, 11) is 3.70. The van der Waals surface area contributed by atoms with Crippen LogP contribution in [0.1, 0.15) is 10.4 Å². The monoisotopic (exact) mass is 437 g/mol. The number of nitrogens with zero attached hydrogens (tertiary/aromatic N) is 5. The minimum Gasteiger partial charge on any atom is -0.479 e. The second kappa shape index (κ2) is 8.09. The van der Waals surface area contributed by atoms with Crippen LogP contribution in [0.25, 0.3) is 10.2 Å². The third-order valence-corrected chi connectivity index (χ3v) is 6.39. The normalized spacial score (nSPS) is 11.9. The zero-order valence-electron chi connectivity index (χ0n) is 16.9. The largest absolute Gasteiger partial charge is 0.479 e. The van der Waals surface area contributed by atoms with Crippen molar-refractivity contribution < 1.29 is 17.9 Å². The van der Waals surface area contributed by atoms with Gasteiger partial charge in [0.2, 0.25) is 5.88 Å². The van der Waals surface area contributed by atoms with Gasteiger partial charge in [0, 0.05) is 32.6 Å². The summed E-state index contributed by atoms with van der Waals surface area (Å²) in [6.07, 6.45) is 2.77. The van der Waals surface area contributed by atoms with Crippen molar-refractivity contribution in [2.75, 3.05) is 45.5 Å². The fourth-order valence-electron chi connectivity index (χ4n) is 2.73. The maximum atomic E-state index is 13.3. The molecule has 0 N–H and O–H groups in total. The Morgan fingerprint density at radius 2 is 2.00 bits per heavy atom. The predicted molar refractivity (Wildman–Crippen MR) is 113 cm³/mol. The predicted octanol–water partition coefficient (Wildman–Crippen LogP) is 1.65. The van der Waals surface area contributed by atoms with E-state index in [1.54, 1.807) is 30.3 Å². The zero-order valence-corrected chi connectivity index (χ0v) is 18.5. The molecule has 0 atom stereocenters. The van der Waals surface area contributed by atoms with Crippen molar-refractivity contribution in [2.24, 2.45) is 7.05 Å². The second-order valence-electron chi connectivity index (χ2n) is 6.88. The number of aryl methyl sites for hydroxylation is 1. The molecular weight excluding hydrogens is 414 g/mol. The first-order chi connectivity index (χ1) is 13.6. The Labute approximate surface area is 173 Å². The van der Waals surface area contributed by atoms with Crippen LogP contribution in [-0.4, -0.2) is 74.5 Å². The van der Waals surface area contributed by atoms with Gasteiger partial charge < -0.3 is 9.64 Å². The lowest BCUT2D eigenvalue weighted by atomic mass is 10.3. The first-order valence-corrected chi connectivity index (χ1v) is 11.5. The molecule has 9 nitrogen and oxygen atoms in total. The molecule has 2 heterocycles. The number of hydrogen-bond donors (Lipinski definition) is 0. The first kappa shape index (κ1) is 21.2. The van der Waals surface area contributed by atoms with E-state index in [4.69, 9.17) is 4.74 Å². The highest BCUT2D eigenvalue weighted by Crippen LogP contribution is 2.32. The number of carbonyl (C=O) groups excluding carboxylic acids is 1. The van der Waals surface area contributed by atoms with E-state index >= 15 is 0 Å².